The van der Waals surface area contributed by atoms with E-state index >= 15 is 0 Å². The van der Waals surface area contributed by atoms with Gasteiger partial charge in [-0.1, -0.05) is 32.0 Å². The van der Waals surface area contributed by atoms with Crippen molar-refractivity contribution in [3.63, 3.8) is 0 Å². The van der Waals surface area contributed by atoms with E-state index < -0.39 is 5.92 Å². The van der Waals surface area contributed by atoms with Gasteiger partial charge < -0.3 is 10.3 Å². The largest absolute Gasteiger partial charge is 0.360 e. The molecule has 0 saturated carbocycles. The zero-order chi connectivity index (χ0) is 24.4. The molecule has 174 valence electrons. The predicted molar refractivity (Wildman–Crippen MR) is 132 cm³/mol. The zero-order valence-corrected chi connectivity index (χ0v) is 19.8. The van der Waals surface area contributed by atoms with Crippen LogP contribution in [0, 0.1) is 0 Å². The second-order valence-corrected chi connectivity index (χ2v) is 8.76. The Morgan fingerprint density at radius 2 is 1.85 bits per heavy atom. The molecule has 0 aliphatic heterocycles. The molecule has 0 radical (unpaired) electrons. The van der Waals surface area contributed by atoms with Crippen molar-refractivity contribution in [2.45, 2.75) is 46.1 Å². The van der Waals surface area contributed by atoms with E-state index in [1.54, 1.807) is 31.3 Å². The third-order valence-corrected chi connectivity index (χ3v) is 6.05. The fourth-order valence-electron chi connectivity index (χ4n) is 4.27. The smallest absolute Gasteiger partial charge is 0.255 e. The number of amides is 1. The van der Waals surface area contributed by atoms with Crippen molar-refractivity contribution >= 4 is 22.6 Å². The number of nitrogens with one attached hydrogen (secondary N) is 2. The summed E-state index contributed by atoms with van der Waals surface area (Å²) in [5.74, 6) is -0.885. The highest BCUT2D eigenvalue weighted by atomic mass is 16.2. The van der Waals surface area contributed by atoms with Crippen molar-refractivity contribution in [1.82, 2.24) is 19.9 Å². The predicted octanol–water partition coefficient (Wildman–Crippen LogP) is 4.46. The highest BCUT2D eigenvalue weighted by Crippen LogP contribution is 2.27. The van der Waals surface area contributed by atoms with Crippen molar-refractivity contribution in [2.75, 3.05) is 0 Å². The summed E-state index contributed by atoms with van der Waals surface area (Å²) >= 11 is 0. The molecule has 0 aliphatic rings. The number of H-pyrrole nitrogens is 1. The molecule has 0 spiro atoms. The maximum absolute atomic E-state index is 13.1. The first-order valence-electron chi connectivity index (χ1n) is 11.3. The van der Waals surface area contributed by atoms with E-state index in [1.165, 1.54) is 17.6 Å². The number of aromatic nitrogens is 3. The van der Waals surface area contributed by atoms with E-state index in [0.29, 0.717) is 16.9 Å². The molecule has 34 heavy (non-hydrogen) atoms. The molecule has 1 unspecified atom stereocenters. The number of rotatable bonds is 7. The first-order valence-corrected chi connectivity index (χ1v) is 11.3. The van der Waals surface area contributed by atoms with Crippen molar-refractivity contribution in [2.24, 2.45) is 0 Å². The van der Waals surface area contributed by atoms with Gasteiger partial charge in [-0.05, 0) is 49.6 Å². The Kier molecular flexibility index (Phi) is 6.45. The number of fused-ring (bicyclic) bond motifs is 1. The van der Waals surface area contributed by atoms with E-state index in [-0.39, 0.29) is 29.7 Å². The zero-order valence-electron chi connectivity index (χ0n) is 19.8. The molecule has 4 aromatic rings. The summed E-state index contributed by atoms with van der Waals surface area (Å²) in [4.78, 5) is 46.2. The van der Waals surface area contributed by atoms with E-state index in [2.05, 4.69) is 15.3 Å². The van der Waals surface area contributed by atoms with Crippen molar-refractivity contribution < 1.29 is 9.59 Å². The summed E-state index contributed by atoms with van der Waals surface area (Å²) in [7, 11) is 0. The van der Waals surface area contributed by atoms with Gasteiger partial charge in [0.05, 0.1) is 35.6 Å². The second kappa shape index (κ2) is 9.47. The number of hydrogen-bond donors (Lipinski definition) is 2. The van der Waals surface area contributed by atoms with Crippen LogP contribution in [0.5, 0.6) is 0 Å². The number of carbonyl (C=O) groups is 2. The summed E-state index contributed by atoms with van der Waals surface area (Å²) < 4.78 is 1.48. The van der Waals surface area contributed by atoms with Crippen LogP contribution in [0.25, 0.3) is 16.6 Å². The van der Waals surface area contributed by atoms with Gasteiger partial charge in [-0.3, -0.25) is 23.9 Å². The van der Waals surface area contributed by atoms with Crippen LogP contribution in [-0.2, 0) is 11.3 Å². The SMILES string of the molecule is CC(=O)c1c(C(C)C)cccc1-n1c(C(C)C(=O)NCc2cc3cc[nH]c3cn2)cccc1=O. The average Bonchev–Trinajstić information content (AvgIpc) is 3.29. The van der Waals surface area contributed by atoms with Crippen LogP contribution < -0.4 is 10.9 Å². The lowest BCUT2D eigenvalue weighted by Crippen LogP contribution is -2.32. The van der Waals surface area contributed by atoms with Crippen LogP contribution in [0.2, 0.25) is 0 Å². The van der Waals surface area contributed by atoms with Crippen molar-refractivity contribution in [3.8, 4) is 5.69 Å². The molecule has 1 atom stereocenters. The molecule has 2 N–H and O–H groups in total. The Morgan fingerprint density at radius 1 is 1.09 bits per heavy atom. The van der Waals surface area contributed by atoms with Crippen LogP contribution >= 0.6 is 0 Å². The molecular weight excluding hydrogens is 428 g/mol. The number of nitrogens with zero attached hydrogens (tertiary/aromatic N) is 2. The molecule has 1 aromatic carbocycles. The third kappa shape index (κ3) is 4.41. The van der Waals surface area contributed by atoms with E-state index in [9.17, 15) is 14.4 Å². The molecule has 3 heterocycles. The van der Waals surface area contributed by atoms with Gasteiger partial charge in [0.2, 0.25) is 5.91 Å². The number of Topliss-reactive ketones (excluding diaryl/α,β-unsaturated/α-hetero) is 1. The van der Waals surface area contributed by atoms with E-state index in [1.807, 2.05) is 44.3 Å². The molecule has 4 rings (SSSR count). The van der Waals surface area contributed by atoms with Gasteiger partial charge in [0.15, 0.2) is 5.78 Å². The summed E-state index contributed by atoms with van der Waals surface area (Å²) in [5, 5.41) is 3.94. The Hall–Kier alpha value is -4.00. The molecule has 3 aromatic heterocycles. The topological polar surface area (TPSA) is 96.8 Å². The van der Waals surface area contributed by atoms with Gasteiger partial charge in [0.1, 0.15) is 0 Å². The minimum Gasteiger partial charge on any atom is -0.360 e. The quantitative estimate of drug-likeness (QED) is 0.401. The van der Waals surface area contributed by atoms with Crippen LogP contribution in [0.1, 0.15) is 66.8 Å². The minimum absolute atomic E-state index is 0.104. The Bertz CT molecular complexity index is 1430. The average molecular weight is 457 g/mol. The number of carbonyl (C=O) groups excluding carboxylic acids is 2. The number of hydrogen-bond acceptors (Lipinski definition) is 4. The molecule has 7 nitrogen and oxygen atoms in total. The molecular formula is C27H28N4O3. The fraction of sp³-hybridized carbons (Fsp3) is 0.259. The van der Waals surface area contributed by atoms with Gasteiger partial charge in [-0.15, -0.1) is 0 Å². The third-order valence-electron chi connectivity index (χ3n) is 6.05. The number of ketones is 1. The maximum atomic E-state index is 13.1. The lowest BCUT2D eigenvalue weighted by atomic mass is 9.93. The molecule has 0 saturated heterocycles. The van der Waals surface area contributed by atoms with Crippen molar-refractivity contribution in [1.29, 1.82) is 0 Å². The molecule has 7 heteroatoms. The number of pyridine rings is 2. The Morgan fingerprint density at radius 3 is 2.59 bits per heavy atom. The summed E-state index contributed by atoms with van der Waals surface area (Å²) in [6.07, 6.45) is 3.58. The first-order chi connectivity index (χ1) is 16.3. The van der Waals surface area contributed by atoms with Crippen LogP contribution in [-0.4, -0.2) is 26.2 Å². The van der Waals surface area contributed by atoms with Gasteiger partial charge in [0, 0.05) is 28.9 Å². The summed E-state index contributed by atoms with van der Waals surface area (Å²) in [5.41, 5.74) is 3.77. The lowest BCUT2D eigenvalue weighted by molar-refractivity contribution is -0.122. The van der Waals surface area contributed by atoms with Gasteiger partial charge in [0.25, 0.3) is 5.56 Å². The molecule has 0 bridgehead atoms. The van der Waals surface area contributed by atoms with Crippen LogP contribution in [0.3, 0.4) is 0 Å². The number of aromatic amines is 1. The molecule has 0 fully saturated rings. The minimum atomic E-state index is -0.632. The fourth-order valence-corrected chi connectivity index (χ4v) is 4.27. The van der Waals surface area contributed by atoms with Crippen LogP contribution in [0.4, 0.5) is 0 Å². The maximum Gasteiger partial charge on any atom is 0.255 e. The van der Waals surface area contributed by atoms with Gasteiger partial charge >= 0.3 is 0 Å². The lowest BCUT2D eigenvalue weighted by Gasteiger charge is -2.22. The highest BCUT2D eigenvalue weighted by molar-refractivity contribution is 5.99. The van der Waals surface area contributed by atoms with E-state index in [4.69, 9.17) is 0 Å². The molecule has 0 aliphatic carbocycles. The van der Waals surface area contributed by atoms with Gasteiger partial charge in [-0.25, -0.2) is 0 Å². The standard InChI is InChI=1S/C27H28N4O3/c1-16(2)21-7-5-9-24(26(21)18(4)32)31-23(8-6-10-25(31)33)17(3)27(34)30-14-20-13-19-11-12-28-22(19)15-29-20/h5-13,15-17,28H,14H2,1-4H3,(H,30,34). The normalized spacial score (nSPS) is 12.1. The van der Waals surface area contributed by atoms with Crippen LogP contribution in [0.15, 0.2) is 65.7 Å². The first kappa shape index (κ1) is 23.2. The number of benzene rings is 1. The Balaban J connectivity index is 1.68. The Labute approximate surface area is 197 Å². The summed E-state index contributed by atoms with van der Waals surface area (Å²) in [6, 6.07) is 14.2. The highest BCUT2D eigenvalue weighted by Gasteiger charge is 2.23. The van der Waals surface area contributed by atoms with E-state index in [0.717, 1.165) is 22.2 Å². The second-order valence-electron chi connectivity index (χ2n) is 8.76. The van der Waals surface area contributed by atoms with Gasteiger partial charge in [-0.2, -0.15) is 0 Å². The summed E-state index contributed by atoms with van der Waals surface area (Å²) in [6.45, 7) is 7.54. The monoisotopic (exact) mass is 456 g/mol. The van der Waals surface area contributed by atoms with Crippen molar-refractivity contribution in [3.05, 3.63) is 93.8 Å². The molecule has 1 amide bonds.